The van der Waals surface area contributed by atoms with Gasteiger partial charge in [-0.05, 0) is 30.5 Å². The molecule has 2 rings (SSSR count). The predicted octanol–water partition coefficient (Wildman–Crippen LogP) is 2.47. The third kappa shape index (κ3) is 3.40. The molecular formula is C16H19N3O2. The molecule has 0 fully saturated rings. The van der Waals surface area contributed by atoms with Crippen LogP contribution in [0.4, 0.5) is 11.4 Å². The topological polar surface area (TPSA) is 73.2 Å². The van der Waals surface area contributed by atoms with Crippen LogP contribution in [0.25, 0.3) is 0 Å². The van der Waals surface area contributed by atoms with E-state index in [1.165, 1.54) is 0 Å². The number of amides is 2. The number of carbonyl (C=O) groups excluding carboxylic acids is 2. The van der Waals surface area contributed by atoms with Crippen molar-refractivity contribution in [3.8, 4) is 6.07 Å². The van der Waals surface area contributed by atoms with E-state index in [4.69, 9.17) is 5.26 Å². The Morgan fingerprint density at radius 2 is 2.19 bits per heavy atom. The smallest absolute Gasteiger partial charge is 0.238 e. The lowest BCUT2D eigenvalue weighted by Crippen LogP contribution is -2.38. The van der Waals surface area contributed by atoms with Gasteiger partial charge in [-0.1, -0.05) is 19.9 Å². The zero-order valence-corrected chi connectivity index (χ0v) is 12.3. The molecule has 1 aliphatic heterocycles. The fraction of sp³-hybridized carbons (Fsp3) is 0.438. The zero-order chi connectivity index (χ0) is 15.4. The summed E-state index contributed by atoms with van der Waals surface area (Å²) in [6.07, 6.45) is 1.71. The van der Waals surface area contributed by atoms with Crippen molar-refractivity contribution < 1.29 is 9.59 Å². The van der Waals surface area contributed by atoms with Gasteiger partial charge in [-0.25, -0.2) is 0 Å². The summed E-state index contributed by atoms with van der Waals surface area (Å²) in [5, 5.41) is 11.2. The Morgan fingerprint density at radius 1 is 1.43 bits per heavy atom. The Labute approximate surface area is 124 Å². The van der Waals surface area contributed by atoms with Crippen LogP contribution in [-0.2, 0) is 16.0 Å². The van der Waals surface area contributed by atoms with Crippen LogP contribution in [-0.4, -0.2) is 18.4 Å². The lowest BCUT2D eigenvalue weighted by molar-refractivity contribution is -0.121. The second-order valence-electron chi connectivity index (χ2n) is 5.47. The molecule has 0 spiro atoms. The van der Waals surface area contributed by atoms with E-state index < -0.39 is 0 Å². The number of nitrogens with one attached hydrogen (secondary N) is 1. The van der Waals surface area contributed by atoms with Crippen LogP contribution < -0.4 is 10.2 Å². The normalized spacial score (nSPS) is 13.5. The van der Waals surface area contributed by atoms with E-state index in [2.05, 4.69) is 5.32 Å². The SMILES string of the molecule is CC(C)C(=O)N1CCCc2ccc(NC(=O)CC#N)cc21. The molecule has 0 aromatic heterocycles. The maximum Gasteiger partial charge on any atom is 0.238 e. The zero-order valence-electron chi connectivity index (χ0n) is 12.3. The molecule has 5 nitrogen and oxygen atoms in total. The Kier molecular flexibility index (Phi) is 4.59. The van der Waals surface area contributed by atoms with E-state index in [1.54, 1.807) is 4.90 Å². The molecule has 0 atom stereocenters. The first kappa shape index (κ1) is 15.0. The van der Waals surface area contributed by atoms with Crippen molar-refractivity contribution in [1.82, 2.24) is 0 Å². The summed E-state index contributed by atoms with van der Waals surface area (Å²) in [5.74, 6) is -0.306. The van der Waals surface area contributed by atoms with E-state index in [-0.39, 0.29) is 24.2 Å². The molecule has 5 heteroatoms. The summed E-state index contributed by atoms with van der Waals surface area (Å²) in [7, 11) is 0. The number of aryl methyl sites for hydroxylation is 1. The number of rotatable bonds is 3. The maximum atomic E-state index is 12.3. The van der Waals surface area contributed by atoms with Crippen LogP contribution in [0.3, 0.4) is 0 Å². The number of hydrogen-bond acceptors (Lipinski definition) is 3. The van der Waals surface area contributed by atoms with Crippen LogP contribution in [0, 0.1) is 17.2 Å². The van der Waals surface area contributed by atoms with Gasteiger partial charge in [0.15, 0.2) is 0 Å². The summed E-state index contributed by atoms with van der Waals surface area (Å²) in [6.45, 7) is 4.48. The Morgan fingerprint density at radius 3 is 2.86 bits per heavy atom. The highest BCUT2D eigenvalue weighted by molar-refractivity contribution is 5.98. The molecule has 1 aromatic carbocycles. The van der Waals surface area contributed by atoms with Gasteiger partial charge >= 0.3 is 0 Å². The number of benzene rings is 1. The summed E-state index contributed by atoms with van der Waals surface area (Å²) in [6, 6.07) is 7.40. The van der Waals surface area contributed by atoms with Gasteiger partial charge in [-0.3, -0.25) is 9.59 Å². The van der Waals surface area contributed by atoms with Crippen LogP contribution >= 0.6 is 0 Å². The van der Waals surface area contributed by atoms with E-state index in [0.29, 0.717) is 12.2 Å². The van der Waals surface area contributed by atoms with Gasteiger partial charge in [0, 0.05) is 23.8 Å². The first-order valence-corrected chi connectivity index (χ1v) is 7.14. The van der Waals surface area contributed by atoms with E-state index in [0.717, 1.165) is 24.1 Å². The van der Waals surface area contributed by atoms with Gasteiger partial charge in [0.2, 0.25) is 11.8 Å². The molecule has 0 unspecified atom stereocenters. The predicted molar refractivity (Wildman–Crippen MR) is 80.8 cm³/mol. The lowest BCUT2D eigenvalue weighted by atomic mass is 9.99. The number of fused-ring (bicyclic) bond motifs is 1. The third-order valence-corrected chi connectivity index (χ3v) is 3.49. The van der Waals surface area contributed by atoms with Crippen molar-refractivity contribution in [2.75, 3.05) is 16.8 Å². The van der Waals surface area contributed by atoms with Crippen molar-refractivity contribution in [2.45, 2.75) is 33.1 Å². The molecule has 0 saturated carbocycles. The minimum atomic E-state index is -0.338. The average molecular weight is 285 g/mol. The van der Waals surface area contributed by atoms with Gasteiger partial charge < -0.3 is 10.2 Å². The van der Waals surface area contributed by atoms with Crippen molar-refractivity contribution in [3.05, 3.63) is 23.8 Å². The monoisotopic (exact) mass is 285 g/mol. The Bertz CT molecular complexity index is 602. The highest BCUT2D eigenvalue weighted by Crippen LogP contribution is 2.31. The second-order valence-corrected chi connectivity index (χ2v) is 5.47. The number of carbonyl (C=O) groups is 2. The van der Waals surface area contributed by atoms with Crippen LogP contribution in [0.2, 0.25) is 0 Å². The number of anilines is 2. The molecule has 21 heavy (non-hydrogen) atoms. The van der Waals surface area contributed by atoms with Crippen molar-refractivity contribution in [1.29, 1.82) is 5.26 Å². The van der Waals surface area contributed by atoms with E-state index in [9.17, 15) is 9.59 Å². The van der Waals surface area contributed by atoms with E-state index in [1.807, 2.05) is 38.1 Å². The standard InChI is InChI=1S/C16H19N3O2/c1-11(2)16(21)19-9-3-4-12-5-6-13(10-14(12)19)18-15(20)7-8-17/h5-6,10-11H,3-4,7,9H2,1-2H3,(H,18,20). The Balaban J connectivity index is 2.28. The summed E-state index contributed by atoms with van der Waals surface area (Å²) < 4.78 is 0. The first-order chi connectivity index (χ1) is 10.0. The quantitative estimate of drug-likeness (QED) is 0.927. The molecule has 0 aliphatic carbocycles. The molecular weight excluding hydrogens is 266 g/mol. The maximum absolute atomic E-state index is 12.3. The minimum Gasteiger partial charge on any atom is -0.325 e. The molecule has 110 valence electrons. The van der Waals surface area contributed by atoms with E-state index >= 15 is 0 Å². The highest BCUT2D eigenvalue weighted by atomic mass is 16.2. The fourth-order valence-corrected chi connectivity index (χ4v) is 2.47. The minimum absolute atomic E-state index is 0.0622. The highest BCUT2D eigenvalue weighted by Gasteiger charge is 2.24. The van der Waals surface area contributed by atoms with Gasteiger partial charge in [-0.15, -0.1) is 0 Å². The molecule has 2 amide bonds. The van der Waals surface area contributed by atoms with Gasteiger partial charge in [0.05, 0.1) is 6.07 Å². The molecule has 0 radical (unpaired) electrons. The third-order valence-electron chi connectivity index (χ3n) is 3.49. The van der Waals surface area contributed by atoms with Gasteiger partial charge in [0.25, 0.3) is 0 Å². The molecule has 0 saturated heterocycles. The number of nitrogens with zero attached hydrogens (tertiary/aromatic N) is 2. The average Bonchev–Trinajstić information content (AvgIpc) is 2.46. The largest absolute Gasteiger partial charge is 0.325 e. The van der Waals surface area contributed by atoms with Gasteiger partial charge in [-0.2, -0.15) is 5.26 Å². The van der Waals surface area contributed by atoms with Crippen LogP contribution in [0.1, 0.15) is 32.3 Å². The van der Waals surface area contributed by atoms with Crippen LogP contribution in [0.5, 0.6) is 0 Å². The molecule has 1 aliphatic rings. The van der Waals surface area contributed by atoms with Crippen LogP contribution in [0.15, 0.2) is 18.2 Å². The number of nitriles is 1. The fourth-order valence-electron chi connectivity index (χ4n) is 2.47. The van der Waals surface area contributed by atoms with Crippen molar-refractivity contribution in [2.24, 2.45) is 5.92 Å². The molecule has 1 aromatic rings. The van der Waals surface area contributed by atoms with Crippen molar-refractivity contribution >= 4 is 23.2 Å². The van der Waals surface area contributed by atoms with Gasteiger partial charge in [0.1, 0.15) is 6.42 Å². The molecule has 0 bridgehead atoms. The summed E-state index contributed by atoms with van der Waals surface area (Å²) in [4.78, 5) is 25.6. The first-order valence-electron chi connectivity index (χ1n) is 7.14. The second kappa shape index (κ2) is 6.40. The molecule has 1 heterocycles. The summed E-state index contributed by atoms with van der Waals surface area (Å²) in [5.41, 5.74) is 2.61. The number of hydrogen-bond donors (Lipinski definition) is 1. The summed E-state index contributed by atoms with van der Waals surface area (Å²) >= 11 is 0. The lowest BCUT2D eigenvalue weighted by Gasteiger charge is -2.31. The molecule has 1 N–H and O–H groups in total. The van der Waals surface area contributed by atoms with Crippen molar-refractivity contribution in [3.63, 3.8) is 0 Å². The Hall–Kier alpha value is -2.35.